The molecule has 0 aliphatic rings. The van der Waals surface area contributed by atoms with Gasteiger partial charge in [0.05, 0.1) is 14.2 Å². The van der Waals surface area contributed by atoms with Crippen molar-refractivity contribution in [3.8, 4) is 11.5 Å². The van der Waals surface area contributed by atoms with E-state index in [1.165, 1.54) is 5.56 Å². The standard InChI is InChI=1S/C12H19NO2/c1-9(13)4-5-10-6-11(14-2)8-12(7-10)15-3/h6-9H,4-5,13H2,1-3H3/t9-/m1/s1. The first-order valence-corrected chi connectivity index (χ1v) is 5.13. The Kier molecular flexibility index (Phi) is 4.43. The number of methoxy groups -OCH3 is 2. The fourth-order valence-electron chi connectivity index (χ4n) is 1.41. The Morgan fingerprint density at radius 3 is 2.07 bits per heavy atom. The molecule has 0 saturated heterocycles. The van der Waals surface area contributed by atoms with Gasteiger partial charge in [-0.3, -0.25) is 0 Å². The lowest BCUT2D eigenvalue weighted by Crippen LogP contribution is -2.15. The van der Waals surface area contributed by atoms with E-state index in [1.54, 1.807) is 14.2 Å². The molecule has 0 bridgehead atoms. The third kappa shape index (κ3) is 3.80. The molecule has 0 fully saturated rings. The van der Waals surface area contributed by atoms with Crippen LogP contribution in [0.1, 0.15) is 18.9 Å². The van der Waals surface area contributed by atoms with Gasteiger partial charge in [0.15, 0.2) is 0 Å². The number of benzene rings is 1. The van der Waals surface area contributed by atoms with Crippen molar-refractivity contribution in [2.24, 2.45) is 5.73 Å². The van der Waals surface area contributed by atoms with Gasteiger partial charge in [0.2, 0.25) is 0 Å². The smallest absolute Gasteiger partial charge is 0.122 e. The third-order valence-corrected chi connectivity index (χ3v) is 2.30. The van der Waals surface area contributed by atoms with Crippen molar-refractivity contribution < 1.29 is 9.47 Å². The topological polar surface area (TPSA) is 44.5 Å². The Bertz CT molecular complexity index is 288. The van der Waals surface area contributed by atoms with E-state index in [9.17, 15) is 0 Å². The zero-order chi connectivity index (χ0) is 11.3. The van der Waals surface area contributed by atoms with Crippen LogP contribution in [0.25, 0.3) is 0 Å². The van der Waals surface area contributed by atoms with Crippen molar-refractivity contribution in [2.45, 2.75) is 25.8 Å². The highest BCUT2D eigenvalue weighted by molar-refractivity contribution is 5.38. The van der Waals surface area contributed by atoms with E-state index >= 15 is 0 Å². The molecule has 0 aliphatic carbocycles. The summed E-state index contributed by atoms with van der Waals surface area (Å²) in [6.07, 6.45) is 1.92. The van der Waals surface area contributed by atoms with Gasteiger partial charge in [-0.25, -0.2) is 0 Å². The van der Waals surface area contributed by atoms with E-state index in [4.69, 9.17) is 15.2 Å². The van der Waals surface area contributed by atoms with Crippen LogP contribution in [0.5, 0.6) is 11.5 Å². The minimum Gasteiger partial charge on any atom is -0.497 e. The molecule has 0 aliphatic heterocycles. The fourth-order valence-corrected chi connectivity index (χ4v) is 1.41. The molecule has 0 amide bonds. The summed E-state index contributed by atoms with van der Waals surface area (Å²) in [5.74, 6) is 1.66. The van der Waals surface area contributed by atoms with Gasteiger partial charge < -0.3 is 15.2 Å². The van der Waals surface area contributed by atoms with Crippen LogP contribution in [0.2, 0.25) is 0 Å². The second-order valence-corrected chi connectivity index (χ2v) is 3.74. The summed E-state index contributed by atoms with van der Waals surface area (Å²) in [5.41, 5.74) is 6.92. The molecule has 3 nitrogen and oxygen atoms in total. The molecular formula is C12H19NO2. The van der Waals surface area contributed by atoms with Crippen molar-refractivity contribution in [3.05, 3.63) is 23.8 Å². The summed E-state index contributed by atoms with van der Waals surface area (Å²) < 4.78 is 10.4. The van der Waals surface area contributed by atoms with E-state index in [1.807, 2.05) is 25.1 Å². The second-order valence-electron chi connectivity index (χ2n) is 3.74. The first kappa shape index (κ1) is 11.9. The number of rotatable bonds is 5. The maximum absolute atomic E-state index is 5.72. The largest absolute Gasteiger partial charge is 0.497 e. The molecule has 1 rings (SSSR count). The van der Waals surface area contributed by atoms with Gasteiger partial charge in [-0.05, 0) is 37.5 Å². The van der Waals surface area contributed by atoms with Crippen LogP contribution >= 0.6 is 0 Å². The zero-order valence-electron chi connectivity index (χ0n) is 9.62. The van der Waals surface area contributed by atoms with Gasteiger partial charge in [-0.15, -0.1) is 0 Å². The molecule has 15 heavy (non-hydrogen) atoms. The highest BCUT2D eigenvalue weighted by Gasteiger charge is 2.03. The lowest BCUT2D eigenvalue weighted by atomic mass is 10.1. The molecule has 0 unspecified atom stereocenters. The van der Waals surface area contributed by atoms with Crippen molar-refractivity contribution in [2.75, 3.05) is 14.2 Å². The lowest BCUT2D eigenvalue weighted by Gasteiger charge is -2.09. The number of hydrogen-bond acceptors (Lipinski definition) is 3. The molecule has 84 valence electrons. The number of aryl methyl sites for hydroxylation is 1. The van der Waals surface area contributed by atoms with Crippen LogP contribution in [0.15, 0.2) is 18.2 Å². The van der Waals surface area contributed by atoms with Crippen molar-refractivity contribution in [3.63, 3.8) is 0 Å². The lowest BCUT2D eigenvalue weighted by molar-refractivity contribution is 0.393. The SMILES string of the molecule is COc1cc(CC[C@@H](C)N)cc(OC)c1. The van der Waals surface area contributed by atoms with Crippen LogP contribution in [0.4, 0.5) is 0 Å². The van der Waals surface area contributed by atoms with Crippen molar-refractivity contribution >= 4 is 0 Å². The number of hydrogen-bond donors (Lipinski definition) is 1. The summed E-state index contributed by atoms with van der Waals surface area (Å²) in [6.45, 7) is 2.01. The molecule has 0 aromatic heterocycles. The van der Waals surface area contributed by atoms with E-state index in [2.05, 4.69) is 0 Å². The van der Waals surface area contributed by atoms with Crippen LogP contribution in [0, 0.1) is 0 Å². The van der Waals surface area contributed by atoms with Gasteiger partial charge in [-0.1, -0.05) is 0 Å². The monoisotopic (exact) mass is 209 g/mol. The molecule has 2 N–H and O–H groups in total. The zero-order valence-corrected chi connectivity index (χ0v) is 9.62. The number of nitrogens with two attached hydrogens (primary N) is 1. The molecule has 0 saturated carbocycles. The second kappa shape index (κ2) is 5.61. The van der Waals surface area contributed by atoms with Gasteiger partial charge in [0.1, 0.15) is 11.5 Å². The van der Waals surface area contributed by atoms with Crippen LogP contribution in [0.3, 0.4) is 0 Å². The van der Waals surface area contributed by atoms with Gasteiger partial charge in [0, 0.05) is 12.1 Å². The van der Waals surface area contributed by atoms with E-state index in [0.29, 0.717) is 0 Å². The molecule has 0 heterocycles. The Morgan fingerprint density at radius 1 is 1.13 bits per heavy atom. The summed E-state index contributed by atoms with van der Waals surface area (Å²) >= 11 is 0. The van der Waals surface area contributed by atoms with E-state index in [0.717, 1.165) is 24.3 Å². The molecule has 1 aromatic rings. The number of ether oxygens (including phenoxy) is 2. The molecule has 0 spiro atoms. The predicted molar refractivity (Wildman–Crippen MR) is 61.5 cm³/mol. The molecule has 1 aromatic carbocycles. The average Bonchev–Trinajstić information content (AvgIpc) is 2.25. The van der Waals surface area contributed by atoms with Crippen LogP contribution in [-0.4, -0.2) is 20.3 Å². The van der Waals surface area contributed by atoms with Crippen molar-refractivity contribution in [1.82, 2.24) is 0 Å². The highest BCUT2D eigenvalue weighted by atomic mass is 16.5. The highest BCUT2D eigenvalue weighted by Crippen LogP contribution is 2.23. The normalized spacial score (nSPS) is 12.3. The predicted octanol–water partition coefficient (Wildman–Crippen LogP) is 1.98. The molecule has 1 atom stereocenters. The summed E-state index contributed by atoms with van der Waals surface area (Å²) in [4.78, 5) is 0. The Balaban J connectivity index is 2.77. The quantitative estimate of drug-likeness (QED) is 0.806. The molecule has 3 heteroatoms. The summed E-state index contributed by atoms with van der Waals surface area (Å²) in [7, 11) is 3.31. The Labute approximate surface area is 91.2 Å². The maximum atomic E-state index is 5.72. The molecular weight excluding hydrogens is 190 g/mol. The summed E-state index contributed by atoms with van der Waals surface area (Å²) in [6, 6.07) is 6.13. The van der Waals surface area contributed by atoms with E-state index in [-0.39, 0.29) is 6.04 Å². The minimum absolute atomic E-state index is 0.224. The van der Waals surface area contributed by atoms with Gasteiger partial charge in [-0.2, -0.15) is 0 Å². The average molecular weight is 209 g/mol. The maximum Gasteiger partial charge on any atom is 0.122 e. The Morgan fingerprint density at radius 2 is 1.67 bits per heavy atom. The van der Waals surface area contributed by atoms with Gasteiger partial charge >= 0.3 is 0 Å². The third-order valence-electron chi connectivity index (χ3n) is 2.30. The first-order chi connectivity index (χ1) is 7.15. The van der Waals surface area contributed by atoms with Gasteiger partial charge in [0.25, 0.3) is 0 Å². The first-order valence-electron chi connectivity index (χ1n) is 5.13. The summed E-state index contributed by atoms with van der Waals surface area (Å²) in [5, 5.41) is 0. The Hall–Kier alpha value is -1.22. The van der Waals surface area contributed by atoms with Crippen LogP contribution < -0.4 is 15.2 Å². The minimum atomic E-state index is 0.224. The van der Waals surface area contributed by atoms with Crippen molar-refractivity contribution in [1.29, 1.82) is 0 Å². The molecule has 0 radical (unpaired) electrons. The fraction of sp³-hybridized carbons (Fsp3) is 0.500. The van der Waals surface area contributed by atoms with Crippen LogP contribution in [-0.2, 0) is 6.42 Å². The van der Waals surface area contributed by atoms with E-state index < -0.39 is 0 Å².